The number of aromatic nitrogens is 4. The molecule has 0 unspecified atom stereocenters. The first-order valence-corrected chi connectivity index (χ1v) is 9.26. The van der Waals surface area contributed by atoms with Crippen LogP contribution >= 0.6 is 0 Å². The van der Waals surface area contributed by atoms with E-state index in [1.54, 1.807) is 18.3 Å². The maximum absolute atomic E-state index is 9.18. The summed E-state index contributed by atoms with van der Waals surface area (Å²) < 4.78 is 1.96. The fourth-order valence-electron chi connectivity index (χ4n) is 3.34. The Hall–Kier alpha value is -3.27. The van der Waals surface area contributed by atoms with E-state index in [0.717, 1.165) is 27.7 Å². The van der Waals surface area contributed by atoms with E-state index >= 15 is 0 Å². The number of hydrogen-bond acceptors (Lipinski definition) is 7. The summed E-state index contributed by atoms with van der Waals surface area (Å²) in [7, 11) is -1.47. The first kappa shape index (κ1) is 19.1. The molecule has 0 radical (unpaired) electrons. The molecule has 0 saturated carbocycles. The first-order chi connectivity index (χ1) is 14.1. The maximum atomic E-state index is 9.18. The molecule has 2 aromatic heterocycles. The second-order valence-electron chi connectivity index (χ2n) is 6.79. The lowest BCUT2D eigenvalue weighted by atomic mass is 9.80. The lowest BCUT2D eigenvalue weighted by molar-refractivity contribution is 0.426. The van der Waals surface area contributed by atoms with Crippen molar-refractivity contribution < 1.29 is 10.0 Å². The average molecular weight is 388 g/mol. The van der Waals surface area contributed by atoms with Crippen LogP contribution in [0.3, 0.4) is 0 Å². The van der Waals surface area contributed by atoms with Crippen molar-refractivity contribution in [3.8, 4) is 5.95 Å². The van der Waals surface area contributed by atoms with Gasteiger partial charge in [0.05, 0.1) is 11.7 Å². The molecule has 0 atom stereocenters. The largest absolute Gasteiger partial charge is 0.488 e. The molecule has 0 aliphatic carbocycles. The second kappa shape index (κ2) is 8.00. The van der Waals surface area contributed by atoms with Gasteiger partial charge >= 0.3 is 7.12 Å². The monoisotopic (exact) mass is 388 g/mol. The summed E-state index contributed by atoms with van der Waals surface area (Å²) in [6.45, 7) is 2.98. The number of nitrogens with zero attached hydrogens (tertiary/aromatic N) is 4. The minimum absolute atomic E-state index is 0.451. The van der Waals surface area contributed by atoms with Gasteiger partial charge in [-0.3, -0.25) is 4.57 Å². The zero-order valence-corrected chi connectivity index (χ0v) is 15.9. The summed E-state index contributed by atoms with van der Waals surface area (Å²) >= 11 is 0. The summed E-state index contributed by atoms with van der Waals surface area (Å²) in [5, 5.41) is 31.0. The van der Waals surface area contributed by atoms with Crippen molar-refractivity contribution in [3.63, 3.8) is 0 Å². The van der Waals surface area contributed by atoms with Crippen LogP contribution in [0.1, 0.15) is 16.8 Å². The van der Waals surface area contributed by atoms with Crippen molar-refractivity contribution in [2.45, 2.75) is 20.0 Å². The Bertz CT molecular complexity index is 1140. The molecule has 4 rings (SSSR count). The minimum Gasteiger partial charge on any atom is -0.423 e. The predicted octanol–water partition coefficient (Wildman–Crippen LogP) is 0.875. The molecule has 0 aliphatic heterocycles. The fraction of sp³-hybridized carbons (Fsp3) is 0.150. The molecular weight excluding hydrogens is 367 g/mol. The predicted molar refractivity (Wildman–Crippen MR) is 113 cm³/mol. The number of aryl methyl sites for hydroxylation is 1. The van der Waals surface area contributed by atoms with Gasteiger partial charge in [-0.1, -0.05) is 36.4 Å². The van der Waals surface area contributed by atoms with E-state index in [4.69, 9.17) is 5.73 Å². The van der Waals surface area contributed by atoms with Crippen LogP contribution in [0.15, 0.2) is 54.7 Å². The average Bonchev–Trinajstić information content (AvgIpc) is 3.08. The number of nitrogens with one attached hydrogen (secondary N) is 1. The third kappa shape index (κ3) is 3.84. The highest BCUT2D eigenvalue weighted by Gasteiger charge is 2.13. The molecule has 8 nitrogen and oxygen atoms in total. The maximum Gasteiger partial charge on any atom is 0.488 e. The molecule has 0 spiro atoms. The van der Waals surface area contributed by atoms with Gasteiger partial charge in [-0.25, -0.2) is 0 Å². The Morgan fingerprint density at radius 3 is 2.66 bits per heavy atom. The molecule has 0 fully saturated rings. The van der Waals surface area contributed by atoms with Crippen molar-refractivity contribution in [1.82, 2.24) is 19.7 Å². The minimum atomic E-state index is -1.47. The van der Waals surface area contributed by atoms with Crippen molar-refractivity contribution in [2.24, 2.45) is 5.73 Å². The van der Waals surface area contributed by atoms with Crippen LogP contribution in [-0.4, -0.2) is 36.9 Å². The van der Waals surface area contributed by atoms with Gasteiger partial charge in [-0.2, -0.15) is 10.1 Å². The van der Waals surface area contributed by atoms with Gasteiger partial charge in [0.15, 0.2) is 5.82 Å². The number of anilines is 1. The van der Waals surface area contributed by atoms with Gasteiger partial charge in [-0.05, 0) is 35.6 Å². The molecule has 29 heavy (non-hydrogen) atoms. The number of benzene rings is 2. The van der Waals surface area contributed by atoms with Crippen molar-refractivity contribution >= 4 is 29.3 Å². The summed E-state index contributed by atoms with van der Waals surface area (Å²) in [4.78, 5) is 4.61. The highest BCUT2D eigenvalue weighted by molar-refractivity contribution is 6.58. The van der Waals surface area contributed by atoms with E-state index in [1.165, 1.54) is 0 Å². The Kier molecular flexibility index (Phi) is 5.26. The van der Waals surface area contributed by atoms with E-state index in [-0.39, 0.29) is 0 Å². The Balaban J connectivity index is 1.59. The van der Waals surface area contributed by atoms with E-state index in [2.05, 4.69) is 26.6 Å². The van der Waals surface area contributed by atoms with Crippen molar-refractivity contribution in [3.05, 3.63) is 71.5 Å². The van der Waals surface area contributed by atoms with Gasteiger partial charge in [0.1, 0.15) is 0 Å². The van der Waals surface area contributed by atoms with Gasteiger partial charge in [0.2, 0.25) is 0 Å². The van der Waals surface area contributed by atoms with E-state index in [9.17, 15) is 10.0 Å². The van der Waals surface area contributed by atoms with E-state index in [0.29, 0.717) is 30.3 Å². The molecular formula is C20H21BN6O2. The summed E-state index contributed by atoms with van der Waals surface area (Å²) in [5.41, 5.74) is 10.4. The zero-order valence-electron chi connectivity index (χ0n) is 15.9. The second-order valence-corrected chi connectivity index (χ2v) is 6.79. The van der Waals surface area contributed by atoms with Crippen molar-refractivity contribution in [2.75, 3.05) is 5.32 Å². The van der Waals surface area contributed by atoms with Gasteiger partial charge in [-0.15, -0.1) is 5.10 Å². The van der Waals surface area contributed by atoms with Crippen LogP contribution < -0.4 is 16.5 Å². The Labute approximate surface area is 168 Å². The molecule has 4 aromatic rings. The first-order valence-electron chi connectivity index (χ1n) is 9.26. The molecule has 0 saturated heterocycles. The van der Waals surface area contributed by atoms with Crippen LogP contribution in [0, 0.1) is 6.92 Å². The van der Waals surface area contributed by atoms with Crippen LogP contribution in [0.4, 0.5) is 5.82 Å². The quantitative estimate of drug-likeness (QED) is 0.362. The molecule has 0 bridgehead atoms. The van der Waals surface area contributed by atoms with Crippen LogP contribution in [0.2, 0.25) is 0 Å². The highest BCUT2D eigenvalue weighted by Crippen LogP contribution is 2.25. The lowest BCUT2D eigenvalue weighted by Gasteiger charge is -2.10. The third-order valence-corrected chi connectivity index (χ3v) is 4.84. The number of hydrogen-bond donors (Lipinski definition) is 4. The lowest BCUT2D eigenvalue weighted by Crippen LogP contribution is -2.29. The normalized spacial score (nSPS) is 11.0. The smallest absolute Gasteiger partial charge is 0.423 e. The summed E-state index contributed by atoms with van der Waals surface area (Å²) in [6.07, 6.45) is 1.57. The van der Waals surface area contributed by atoms with E-state index in [1.807, 2.05) is 41.8 Å². The third-order valence-electron chi connectivity index (χ3n) is 4.84. The van der Waals surface area contributed by atoms with Gasteiger partial charge < -0.3 is 21.1 Å². The van der Waals surface area contributed by atoms with Gasteiger partial charge in [0.25, 0.3) is 5.95 Å². The molecule has 5 N–H and O–H groups in total. The fourth-order valence-corrected chi connectivity index (χ4v) is 3.34. The topological polar surface area (TPSA) is 122 Å². The van der Waals surface area contributed by atoms with Crippen molar-refractivity contribution in [1.29, 1.82) is 0 Å². The molecule has 9 heteroatoms. The SMILES string of the molecule is Cc1cc2c(CN)cccc2n1-c1nncc(NCc2ccc(B(O)O)cc2)n1. The number of rotatable bonds is 6. The number of nitrogens with two attached hydrogens (primary N) is 1. The molecule has 2 aromatic carbocycles. The molecule has 0 aliphatic rings. The highest BCUT2D eigenvalue weighted by atomic mass is 16.4. The van der Waals surface area contributed by atoms with E-state index < -0.39 is 7.12 Å². The summed E-state index contributed by atoms with van der Waals surface area (Å²) in [6, 6.07) is 15.1. The van der Waals surface area contributed by atoms with Crippen LogP contribution in [0.25, 0.3) is 16.9 Å². The Morgan fingerprint density at radius 1 is 1.14 bits per heavy atom. The Morgan fingerprint density at radius 2 is 1.93 bits per heavy atom. The summed E-state index contributed by atoms with van der Waals surface area (Å²) in [5.74, 6) is 1.08. The molecule has 146 valence electrons. The van der Waals surface area contributed by atoms with Crippen LogP contribution in [-0.2, 0) is 13.1 Å². The van der Waals surface area contributed by atoms with Gasteiger partial charge in [0, 0.05) is 24.2 Å². The van der Waals surface area contributed by atoms with Crippen LogP contribution in [0.5, 0.6) is 0 Å². The standard InChI is InChI=1S/C20H21BN6O2/c1-13-9-17-15(10-22)3-2-4-18(17)27(13)20-25-19(12-24-26-20)23-11-14-5-7-16(8-6-14)21(28)29/h2-9,12,28-29H,10-11,22H2,1H3,(H,23,25,26). The zero-order chi connectivity index (χ0) is 20.4. The molecule has 2 heterocycles. The molecule has 0 amide bonds. The number of fused-ring (bicyclic) bond motifs is 1.